The summed E-state index contributed by atoms with van der Waals surface area (Å²) in [7, 11) is 0. The Morgan fingerprint density at radius 1 is 1.38 bits per heavy atom. The number of aromatic amines is 1. The van der Waals surface area contributed by atoms with E-state index in [9.17, 15) is 9.59 Å². The Morgan fingerprint density at radius 2 is 2.06 bits per heavy atom. The van der Waals surface area contributed by atoms with Crippen molar-refractivity contribution in [3.8, 4) is 0 Å². The first kappa shape index (κ1) is 10.6. The first-order chi connectivity index (χ1) is 7.65. The molecule has 0 spiro atoms. The zero-order valence-corrected chi connectivity index (χ0v) is 8.78. The lowest BCUT2D eigenvalue weighted by Gasteiger charge is -2.06. The van der Waals surface area contributed by atoms with Gasteiger partial charge in [0.15, 0.2) is 5.78 Å². The Labute approximate surface area is 91.5 Å². The van der Waals surface area contributed by atoms with Gasteiger partial charge in [-0.1, -0.05) is 18.2 Å². The number of aliphatic hydroxyl groups is 1. The zero-order valence-electron chi connectivity index (χ0n) is 8.78. The van der Waals surface area contributed by atoms with Crippen LogP contribution in [0, 0.1) is 6.92 Å². The van der Waals surface area contributed by atoms with Crippen molar-refractivity contribution in [1.82, 2.24) is 4.98 Å². The number of carbonyl (C=O) groups is 1. The van der Waals surface area contributed by atoms with E-state index in [0.717, 1.165) is 5.39 Å². The number of aromatic nitrogens is 1. The van der Waals surface area contributed by atoms with Gasteiger partial charge < -0.3 is 10.1 Å². The Balaban J connectivity index is 2.86. The van der Waals surface area contributed by atoms with Crippen molar-refractivity contribution in [3.05, 3.63) is 45.7 Å². The number of Topliss-reactive ketones (excluding diaryl/α,β-unsaturated/α-hetero) is 1. The van der Waals surface area contributed by atoms with Gasteiger partial charge in [0.25, 0.3) is 5.56 Å². The molecule has 0 bridgehead atoms. The second kappa shape index (κ2) is 3.90. The van der Waals surface area contributed by atoms with Gasteiger partial charge in [-0.3, -0.25) is 9.59 Å². The van der Waals surface area contributed by atoms with Crippen molar-refractivity contribution >= 4 is 16.7 Å². The first-order valence-electron chi connectivity index (χ1n) is 4.91. The van der Waals surface area contributed by atoms with Crippen LogP contribution in [-0.2, 0) is 0 Å². The SMILES string of the molecule is Cc1c(C(=O)CO)c(=O)[nH]c2ccccc12. The molecule has 2 aromatic rings. The molecule has 0 aliphatic rings. The van der Waals surface area contributed by atoms with Crippen LogP contribution in [0.4, 0.5) is 0 Å². The van der Waals surface area contributed by atoms with Crippen LogP contribution in [0.25, 0.3) is 10.9 Å². The molecular formula is C12H11NO3. The molecule has 0 saturated carbocycles. The predicted octanol–water partition coefficient (Wildman–Crippen LogP) is 1.01. The Bertz CT molecular complexity index is 613. The van der Waals surface area contributed by atoms with E-state index in [1.54, 1.807) is 13.0 Å². The summed E-state index contributed by atoms with van der Waals surface area (Å²) < 4.78 is 0. The van der Waals surface area contributed by atoms with Crippen molar-refractivity contribution in [3.63, 3.8) is 0 Å². The number of carbonyl (C=O) groups excluding carboxylic acids is 1. The van der Waals surface area contributed by atoms with Gasteiger partial charge in [-0.05, 0) is 18.6 Å². The third kappa shape index (κ3) is 1.53. The molecule has 4 heteroatoms. The van der Waals surface area contributed by atoms with E-state index in [2.05, 4.69) is 4.98 Å². The van der Waals surface area contributed by atoms with Gasteiger partial charge in [0.1, 0.15) is 6.61 Å². The summed E-state index contributed by atoms with van der Waals surface area (Å²) in [5.74, 6) is -0.551. The number of rotatable bonds is 2. The number of para-hydroxylation sites is 1. The second-order valence-electron chi connectivity index (χ2n) is 3.58. The number of nitrogens with one attached hydrogen (secondary N) is 1. The lowest BCUT2D eigenvalue weighted by atomic mass is 10.0. The molecule has 82 valence electrons. The largest absolute Gasteiger partial charge is 0.388 e. The average Bonchev–Trinajstić information content (AvgIpc) is 2.28. The number of fused-ring (bicyclic) bond motifs is 1. The van der Waals surface area contributed by atoms with Crippen LogP contribution in [0.15, 0.2) is 29.1 Å². The smallest absolute Gasteiger partial charge is 0.259 e. The Hall–Kier alpha value is -1.94. The van der Waals surface area contributed by atoms with Gasteiger partial charge in [-0.15, -0.1) is 0 Å². The van der Waals surface area contributed by atoms with Gasteiger partial charge in [0.2, 0.25) is 0 Å². The third-order valence-corrected chi connectivity index (χ3v) is 2.60. The molecule has 1 aromatic heterocycles. The van der Waals surface area contributed by atoms with Crippen LogP contribution in [0.2, 0.25) is 0 Å². The summed E-state index contributed by atoms with van der Waals surface area (Å²) in [6.07, 6.45) is 0. The van der Waals surface area contributed by atoms with E-state index in [4.69, 9.17) is 5.11 Å². The van der Waals surface area contributed by atoms with Gasteiger partial charge in [0, 0.05) is 10.9 Å². The highest BCUT2D eigenvalue weighted by Crippen LogP contribution is 2.16. The standard InChI is InChI=1S/C12H11NO3/c1-7-8-4-2-3-5-9(8)13-12(16)11(7)10(15)6-14/h2-5,14H,6H2,1H3,(H,13,16). The third-order valence-electron chi connectivity index (χ3n) is 2.60. The van der Waals surface area contributed by atoms with Gasteiger partial charge in [-0.25, -0.2) is 0 Å². The minimum absolute atomic E-state index is 0.0428. The average molecular weight is 217 g/mol. The Kier molecular flexibility index (Phi) is 2.58. The molecule has 0 aliphatic carbocycles. The van der Waals surface area contributed by atoms with E-state index in [0.29, 0.717) is 11.1 Å². The van der Waals surface area contributed by atoms with Crippen LogP contribution in [0.3, 0.4) is 0 Å². The summed E-state index contributed by atoms with van der Waals surface area (Å²) in [6, 6.07) is 7.25. The maximum absolute atomic E-state index is 11.7. The number of H-pyrrole nitrogens is 1. The lowest BCUT2D eigenvalue weighted by molar-refractivity contribution is 0.0901. The highest BCUT2D eigenvalue weighted by Gasteiger charge is 2.15. The molecule has 0 fully saturated rings. The van der Waals surface area contributed by atoms with Gasteiger partial charge in [0.05, 0.1) is 5.56 Å². The molecule has 0 amide bonds. The van der Waals surface area contributed by atoms with E-state index >= 15 is 0 Å². The zero-order chi connectivity index (χ0) is 11.7. The molecule has 0 aliphatic heterocycles. The molecule has 0 unspecified atom stereocenters. The first-order valence-corrected chi connectivity index (χ1v) is 4.91. The van der Waals surface area contributed by atoms with E-state index in [1.165, 1.54) is 0 Å². The fraction of sp³-hybridized carbons (Fsp3) is 0.167. The monoisotopic (exact) mass is 217 g/mol. The fourth-order valence-electron chi connectivity index (χ4n) is 1.82. The van der Waals surface area contributed by atoms with Gasteiger partial charge >= 0.3 is 0 Å². The maximum atomic E-state index is 11.7. The van der Waals surface area contributed by atoms with Gasteiger partial charge in [-0.2, -0.15) is 0 Å². The van der Waals surface area contributed by atoms with Crippen LogP contribution in [-0.4, -0.2) is 22.5 Å². The highest BCUT2D eigenvalue weighted by molar-refractivity contribution is 6.01. The summed E-state index contributed by atoms with van der Waals surface area (Å²) in [5.41, 5.74) is 0.898. The quantitative estimate of drug-likeness (QED) is 0.737. The number of aliphatic hydroxyl groups excluding tert-OH is 1. The molecule has 4 nitrogen and oxygen atoms in total. The number of hydrogen-bond donors (Lipinski definition) is 2. The molecule has 0 radical (unpaired) electrons. The number of ketones is 1. The normalized spacial score (nSPS) is 10.6. The molecule has 1 aromatic carbocycles. The van der Waals surface area contributed by atoms with E-state index < -0.39 is 17.9 Å². The van der Waals surface area contributed by atoms with Crippen LogP contribution < -0.4 is 5.56 Å². The summed E-state index contributed by atoms with van der Waals surface area (Å²) in [4.78, 5) is 25.7. The number of hydrogen-bond acceptors (Lipinski definition) is 3. The van der Waals surface area contributed by atoms with Crippen LogP contribution in [0.1, 0.15) is 15.9 Å². The molecule has 2 N–H and O–H groups in total. The predicted molar refractivity (Wildman–Crippen MR) is 60.7 cm³/mol. The molecule has 0 atom stereocenters. The van der Waals surface area contributed by atoms with Crippen molar-refractivity contribution in [2.24, 2.45) is 0 Å². The van der Waals surface area contributed by atoms with Crippen LogP contribution in [0.5, 0.6) is 0 Å². The fourth-order valence-corrected chi connectivity index (χ4v) is 1.82. The maximum Gasteiger partial charge on any atom is 0.259 e. The number of aryl methyl sites for hydroxylation is 1. The molecular weight excluding hydrogens is 206 g/mol. The molecule has 1 heterocycles. The molecule has 16 heavy (non-hydrogen) atoms. The molecule has 0 saturated heterocycles. The summed E-state index contributed by atoms with van der Waals surface area (Å²) in [5, 5.41) is 9.63. The summed E-state index contributed by atoms with van der Waals surface area (Å²) in [6.45, 7) is 1.06. The van der Waals surface area contributed by atoms with E-state index in [-0.39, 0.29) is 5.56 Å². The second-order valence-corrected chi connectivity index (χ2v) is 3.58. The number of benzene rings is 1. The topological polar surface area (TPSA) is 70.2 Å². The minimum Gasteiger partial charge on any atom is -0.388 e. The molecule has 2 rings (SSSR count). The van der Waals surface area contributed by atoms with E-state index in [1.807, 2.05) is 18.2 Å². The number of pyridine rings is 1. The Morgan fingerprint density at radius 3 is 2.75 bits per heavy atom. The minimum atomic E-state index is -0.651. The van der Waals surface area contributed by atoms with Crippen molar-refractivity contribution in [2.75, 3.05) is 6.61 Å². The highest BCUT2D eigenvalue weighted by atomic mass is 16.3. The summed E-state index contributed by atoms with van der Waals surface area (Å²) >= 11 is 0. The van der Waals surface area contributed by atoms with Crippen LogP contribution >= 0.6 is 0 Å². The van der Waals surface area contributed by atoms with Crippen molar-refractivity contribution < 1.29 is 9.90 Å². The lowest BCUT2D eigenvalue weighted by Crippen LogP contribution is -2.21. The van der Waals surface area contributed by atoms with Crippen molar-refractivity contribution in [1.29, 1.82) is 0 Å². The van der Waals surface area contributed by atoms with Crippen molar-refractivity contribution in [2.45, 2.75) is 6.92 Å².